The highest BCUT2D eigenvalue weighted by molar-refractivity contribution is 5.70. The molecule has 0 aromatic heterocycles. The highest BCUT2D eigenvalue weighted by atomic mass is 16.6. The molecule has 1 rings (SSSR count). The summed E-state index contributed by atoms with van der Waals surface area (Å²) < 4.78 is 5.41. The van der Waals surface area contributed by atoms with Crippen LogP contribution >= 0.6 is 0 Å². The van der Waals surface area contributed by atoms with Crippen LogP contribution in [0.1, 0.15) is 47.5 Å². The minimum atomic E-state index is -0.439. The molecule has 1 amide bonds. The number of carbonyl (C=O) groups excluding carboxylic acids is 1. The van der Waals surface area contributed by atoms with Crippen molar-refractivity contribution >= 4 is 6.09 Å². The molecule has 0 N–H and O–H groups in total. The van der Waals surface area contributed by atoms with Gasteiger partial charge in [-0.3, -0.25) is 4.90 Å². The number of hydrogen-bond acceptors (Lipinski definition) is 2. The third-order valence-electron chi connectivity index (χ3n) is 3.01. The van der Waals surface area contributed by atoms with E-state index in [4.69, 9.17) is 4.74 Å². The fourth-order valence-electron chi connectivity index (χ4n) is 1.86. The lowest BCUT2D eigenvalue weighted by molar-refractivity contribution is 0.00423. The first-order valence-corrected chi connectivity index (χ1v) is 5.83. The first-order valence-electron chi connectivity index (χ1n) is 5.83. The minimum absolute atomic E-state index is 0.238. The monoisotopic (exact) mass is 225 g/mol. The van der Waals surface area contributed by atoms with Crippen LogP contribution in [0.15, 0.2) is 12.2 Å². The van der Waals surface area contributed by atoms with E-state index in [0.717, 1.165) is 25.0 Å². The maximum Gasteiger partial charge on any atom is 0.410 e. The normalized spacial score (nSPS) is 20.8. The van der Waals surface area contributed by atoms with Gasteiger partial charge in [-0.1, -0.05) is 12.2 Å². The van der Waals surface area contributed by atoms with Gasteiger partial charge in [-0.2, -0.15) is 0 Å². The molecular formula is C13H23NO2. The molecule has 3 heteroatoms. The Morgan fingerprint density at radius 3 is 2.50 bits per heavy atom. The Morgan fingerprint density at radius 2 is 2.00 bits per heavy atom. The molecule has 0 spiro atoms. The summed E-state index contributed by atoms with van der Waals surface area (Å²) in [6.07, 6.45) is 1.73. The Hall–Kier alpha value is -0.990. The molecule has 0 aliphatic carbocycles. The summed E-state index contributed by atoms with van der Waals surface area (Å²) >= 11 is 0. The fraction of sp³-hybridized carbons (Fsp3) is 0.769. The van der Waals surface area contributed by atoms with Crippen LogP contribution in [0, 0.1) is 0 Å². The summed E-state index contributed by atoms with van der Waals surface area (Å²) in [6.45, 7) is 14.5. The molecule has 0 bridgehead atoms. The van der Waals surface area contributed by atoms with Gasteiger partial charge in [0.05, 0.1) is 5.54 Å². The van der Waals surface area contributed by atoms with E-state index in [-0.39, 0.29) is 11.6 Å². The van der Waals surface area contributed by atoms with Crippen LogP contribution in [0.3, 0.4) is 0 Å². The zero-order valence-corrected chi connectivity index (χ0v) is 11.1. The van der Waals surface area contributed by atoms with Crippen LogP contribution in [0.2, 0.25) is 0 Å². The number of ether oxygens (including phenoxy) is 1. The second kappa shape index (κ2) is 4.11. The van der Waals surface area contributed by atoms with Gasteiger partial charge >= 0.3 is 6.09 Å². The van der Waals surface area contributed by atoms with Crippen molar-refractivity contribution in [3.63, 3.8) is 0 Å². The van der Waals surface area contributed by atoms with Gasteiger partial charge in [-0.05, 0) is 47.5 Å². The molecule has 1 heterocycles. The van der Waals surface area contributed by atoms with Gasteiger partial charge in [0.15, 0.2) is 0 Å². The summed E-state index contributed by atoms with van der Waals surface area (Å²) in [5.41, 5.74) is 0.372. The molecule has 1 saturated heterocycles. The number of hydrogen-bond donors (Lipinski definition) is 0. The van der Waals surface area contributed by atoms with Crippen LogP contribution < -0.4 is 0 Å². The van der Waals surface area contributed by atoms with Crippen molar-refractivity contribution in [1.29, 1.82) is 0 Å². The van der Waals surface area contributed by atoms with E-state index < -0.39 is 5.60 Å². The standard InChI is InChI=1S/C13H23NO2/c1-10-8-7-9-14(13(10,5)6)11(15)16-12(2,3)4/h1,7-9H2,2-6H3. The number of nitrogens with zero attached hydrogens (tertiary/aromatic N) is 1. The Kier molecular flexibility index (Phi) is 3.36. The van der Waals surface area contributed by atoms with Crippen LogP contribution in [0.5, 0.6) is 0 Å². The second-order valence-electron chi connectivity index (χ2n) is 5.90. The highest BCUT2D eigenvalue weighted by Gasteiger charge is 2.38. The molecule has 0 radical (unpaired) electrons. The summed E-state index contributed by atoms with van der Waals surface area (Å²) in [5, 5.41) is 0. The predicted molar refractivity (Wildman–Crippen MR) is 65.4 cm³/mol. The van der Waals surface area contributed by atoms with E-state index in [1.165, 1.54) is 0 Å². The fourth-order valence-corrected chi connectivity index (χ4v) is 1.86. The van der Waals surface area contributed by atoms with Gasteiger partial charge in [0.25, 0.3) is 0 Å². The SMILES string of the molecule is C=C1CCCN(C(=O)OC(C)(C)C)C1(C)C. The molecule has 16 heavy (non-hydrogen) atoms. The average molecular weight is 225 g/mol. The second-order valence-corrected chi connectivity index (χ2v) is 5.90. The first-order chi connectivity index (χ1) is 7.14. The van der Waals surface area contributed by atoms with E-state index >= 15 is 0 Å². The van der Waals surface area contributed by atoms with E-state index in [2.05, 4.69) is 6.58 Å². The lowest BCUT2D eigenvalue weighted by atomic mass is 9.86. The van der Waals surface area contributed by atoms with Crippen molar-refractivity contribution < 1.29 is 9.53 Å². The van der Waals surface area contributed by atoms with Crippen LogP contribution in [0.25, 0.3) is 0 Å². The molecule has 0 aromatic carbocycles. The van der Waals surface area contributed by atoms with Gasteiger partial charge in [-0.15, -0.1) is 0 Å². The van der Waals surface area contributed by atoms with Gasteiger partial charge in [0.2, 0.25) is 0 Å². The Bertz CT molecular complexity index is 300. The Balaban J connectivity index is 2.79. The highest BCUT2D eigenvalue weighted by Crippen LogP contribution is 2.32. The largest absolute Gasteiger partial charge is 0.444 e. The number of amides is 1. The molecule has 1 fully saturated rings. The Labute approximate surface area is 98.5 Å². The summed E-state index contributed by atoms with van der Waals surface area (Å²) in [6, 6.07) is 0. The molecule has 0 saturated carbocycles. The van der Waals surface area contributed by atoms with E-state index in [1.54, 1.807) is 4.90 Å². The van der Waals surface area contributed by atoms with Crippen LogP contribution in [-0.4, -0.2) is 28.7 Å². The number of likely N-dealkylation sites (tertiary alicyclic amines) is 1. The van der Waals surface area contributed by atoms with E-state index in [1.807, 2.05) is 34.6 Å². The zero-order valence-electron chi connectivity index (χ0n) is 11.1. The molecule has 0 atom stereocenters. The lowest BCUT2D eigenvalue weighted by Gasteiger charge is -2.44. The maximum absolute atomic E-state index is 12.0. The van der Waals surface area contributed by atoms with Crippen molar-refractivity contribution in [2.45, 2.75) is 58.6 Å². The lowest BCUT2D eigenvalue weighted by Crippen LogP contribution is -2.53. The van der Waals surface area contributed by atoms with E-state index in [9.17, 15) is 4.79 Å². The van der Waals surface area contributed by atoms with Gasteiger partial charge < -0.3 is 4.74 Å². The molecule has 0 unspecified atom stereocenters. The van der Waals surface area contributed by atoms with Crippen molar-refractivity contribution in [3.8, 4) is 0 Å². The summed E-state index contributed by atoms with van der Waals surface area (Å²) in [5.74, 6) is 0. The van der Waals surface area contributed by atoms with Crippen molar-refractivity contribution in [1.82, 2.24) is 4.90 Å². The quantitative estimate of drug-likeness (QED) is 0.592. The van der Waals surface area contributed by atoms with Crippen molar-refractivity contribution in [3.05, 3.63) is 12.2 Å². The molecule has 92 valence electrons. The maximum atomic E-state index is 12.0. The smallest absolute Gasteiger partial charge is 0.410 e. The summed E-state index contributed by atoms with van der Waals surface area (Å²) in [4.78, 5) is 13.8. The number of rotatable bonds is 0. The average Bonchev–Trinajstić information content (AvgIpc) is 2.06. The van der Waals surface area contributed by atoms with Gasteiger partial charge in [0.1, 0.15) is 5.60 Å². The van der Waals surface area contributed by atoms with Gasteiger partial charge in [0, 0.05) is 6.54 Å². The third-order valence-corrected chi connectivity index (χ3v) is 3.01. The molecular weight excluding hydrogens is 202 g/mol. The third kappa shape index (κ3) is 2.77. The van der Waals surface area contributed by atoms with Crippen LogP contribution in [-0.2, 0) is 4.74 Å². The summed E-state index contributed by atoms with van der Waals surface area (Å²) in [7, 11) is 0. The molecule has 1 aliphatic heterocycles. The van der Waals surface area contributed by atoms with Gasteiger partial charge in [-0.25, -0.2) is 4.79 Å². The van der Waals surface area contributed by atoms with E-state index in [0.29, 0.717) is 0 Å². The van der Waals surface area contributed by atoms with Crippen LogP contribution in [0.4, 0.5) is 4.79 Å². The number of carbonyl (C=O) groups is 1. The number of piperidine rings is 1. The molecule has 3 nitrogen and oxygen atoms in total. The predicted octanol–water partition coefficient (Wildman–Crippen LogP) is 3.35. The van der Waals surface area contributed by atoms with Crippen molar-refractivity contribution in [2.75, 3.05) is 6.54 Å². The minimum Gasteiger partial charge on any atom is -0.444 e. The van der Waals surface area contributed by atoms with Crippen molar-refractivity contribution in [2.24, 2.45) is 0 Å². The Morgan fingerprint density at radius 1 is 1.44 bits per heavy atom. The molecule has 0 aromatic rings. The zero-order chi connectivity index (χ0) is 12.6. The first kappa shape index (κ1) is 13.1. The topological polar surface area (TPSA) is 29.5 Å². The molecule has 1 aliphatic rings.